The van der Waals surface area contributed by atoms with E-state index >= 15 is 0 Å². The maximum absolute atomic E-state index is 2.39. The van der Waals surface area contributed by atoms with Crippen molar-refractivity contribution in [2.75, 3.05) is 0 Å². The van der Waals surface area contributed by atoms with E-state index in [9.17, 15) is 0 Å². The van der Waals surface area contributed by atoms with E-state index in [2.05, 4.69) is 61.5 Å². The van der Waals surface area contributed by atoms with E-state index in [1.54, 1.807) is 5.56 Å². The Labute approximate surface area is 143 Å². The van der Waals surface area contributed by atoms with E-state index in [1.165, 1.54) is 62.2 Å². The average Bonchev–Trinajstić information content (AvgIpc) is 2.63. The van der Waals surface area contributed by atoms with Crippen LogP contribution in [-0.4, -0.2) is 0 Å². The highest BCUT2D eigenvalue weighted by molar-refractivity contribution is 7.48. The van der Waals surface area contributed by atoms with Gasteiger partial charge in [-0.1, -0.05) is 95.8 Å². The Morgan fingerprint density at radius 1 is 0.870 bits per heavy atom. The summed E-state index contributed by atoms with van der Waals surface area (Å²) >= 11 is 0. The van der Waals surface area contributed by atoms with Crippen molar-refractivity contribution in [2.45, 2.75) is 63.4 Å². The molecule has 23 heavy (non-hydrogen) atoms. The molecule has 122 valence electrons. The van der Waals surface area contributed by atoms with Crippen LogP contribution in [0.3, 0.4) is 0 Å². The lowest BCUT2D eigenvalue weighted by molar-refractivity contribution is 0.404. The fourth-order valence-corrected chi connectivity index (χ4v) is 5.61. The maximum atomic E-state index is 2.39. The zero-order valence-corrected chi connectivity index (χ0v) is 15.4. The normalized spacial score (nSPS) is 17.6. The standard InChI is InChI=1S/C22H29P/c1-2-3-10-19-13-15-21(16-14-19)23-22(17-8-5-9-18-22)20-11-6-4-7-12-20/h4,6-7,11-16,23H,2-3,5,8-10,17-18H2,1H3. The Balaban J connectivity index is 1.79. The first-order chi connectivity index (χ1) is 11.3. The van der Waals surface area contributed by atoms with E-state index in [0.717, 1.165) is 8.58 Å². The Bertz CT molecular complexity index is 579. The summed E-state index contributed by atoms with van der Waals surface area (Å²) < 4.78 is 0. The molecule has 2 aromatic rings. The molecule has 0 aromatic heterocycles. The minimum atomic E-state index is 0.393. The third-order valence-electron chi connectivity index (χ3n) is 5.19. The van der Waals surface area contributed by atoms with Crippen LogP contribution < -0.4 is 5.30 Å². The van der Waals surface area contributed by atoms with Gasteiger partial charge < -0.3 is 0 Å². The van der Waals surface area contributed by atoms with Gasteiger partial charge in [0.1, 0.15) is 0 Å². The Morgan fingerprint density at radius 2 is 1.57 bits per heavy atom. The van der Waals surface area contributed by atoms with Crippen molar-refractivity contribution in [3.8, 4) is 0 Å². The van der Waals surface area contributed by atoms with Crippen LogP contribution >= 0.6 is 8.58 Å². The van der Waals surface area contributed by atoms with Gasteiger partial charge in [0, 0.05) is 5.16 Å². The lowest BCUT2D eigenvalue weighted by atomic mass is 9.83. The molecule has 3 rings (SSSR count). The average molecular weight is 324 g/mol. The SMILES string of the molecule is CCCCc1ccc(PC2(c3ccccc3)CCCCC2)cc1. The summed E-state index contributed by atoms with van der Waals surface area (Å²) in [5, 5.41) is 1.93. The third-order valence-corrected chi connectivity index (χ3v) is 7.08. The van der Waals surface area contributed by atoms with Crippen molar-refractivity contribution in [1.82, 2.24) is 0 Å². The minimum absolute atomic E-state index is 0.393. The summed E-state index contributed by atoms with van der Waals surface area (Å²) in [6.45, 7) is 2.27. The summed E-state index contributed by atoms with van der Waals surface area (Å²) in [5.41, 5.74) is 3.06. The van der Waals surface area contributed by atoms with Gasteiger partial charge in [-0.25, -0.2) is 0 Å². The summed E-state index contributed by atoms with van der Waals surface area (Å²) in [6.07, 6.45) is 10.7. The molecule has 0 nitrogen and oxygen atoms in total. The molecule has 0 bridgehead atoms. The zero-order chi connectivity index (χ0) is 16.0. The third kappa shape index (κ3) is 4.24. The van der Waals surface area contributed by atoms with Crippen LogP contribution in [0.25, 0.3) is 0 Å². The molecule has 0 spiro atoms. The molecular formula is C22H29P. The number of hydrogen-bond acceptors (Lipinski definition) is 0. The molecule has 1 aliphatic rings. The molecule has 0 N–H and O–H groups in total. The lowest BCUT2D eigenvalue weighted by Crippen LogP contribution is -2.26. The van der Waals surface area contributed by atoms with Crippen molar-refractivity contribution < 1.29 is 0 Å². The van der Waals surface area contributed by atoms with Crippen molar-refractivity contribution in [2.24, 2.45) is 0 Å². The van der Waals surface area contributed by atoms with Crippen molar-refractivity contribution in [1.29, 1.82) is 0 Å². The molecule has 0 heterocycles. The van der Waals surface area contributed by atoms with Crippen LogP contribution in [0.4, 0.5) is 0 Å². The first-order valence-electron chi connectivity index (χ1n) is 9.25. The van der Waals surface area contributed by atoms with Crippen molar-refractivity contribution >= 4 is 13.9 Å². The largest absolute Gasteiger partial charge is 0.0795 e. The summed E-state index contributed by atoms with van der Waals surface area (Å²) in [5.74, 6) is 0. The number of aryl methyl sites for hydroxylation is 1. The molecule has 0 saturated heterocycles. The smallest absolute Gasteiger partial charge is 0.0167 e. The Kier molecular flexibility index (Phi) is 5.90. The van der Waals surface area contributed by atoms with Crippen molar-refractivity contribution in [3.63, 3.8) is 0 Å². The first-order valence-corrected chi connectivity index (χ1v) is 10.2. The molecular weight excluding hydrogens is 295 g/mol. The van der Waals surface area contributed by atoms with Gasteiger partial charge in [-0.3, -0.25) is 0 Å². The second-order valence-corrected chi connectivity index (χ2v) is 8.72. The molecule has 0 aliphatic heterocycles. The number of hydrogen-bond donors (Lipinski definition) is 0. The van der Waals surface area contributed by atoms with Gasteiger partial charge in [-0.05, 0) is 42.1 Å². The van der Waals surface area contributed by atoms with Gasteiger partial charge >= 0.3 is 0 Å². The van der Waals surface area contributed by atoms with Crippen LogP contribution in [0.5, 0.6) is 0 Å². The Hall–Kier alpha value is -1.13. The van der Waals surface area contributed by atoms with Crippen LogP contribution in [0.1, 0.15) is 63.0 Å². The number of rotatable bonds is 6. The minimum Gasteiger partial charge on any atom is -0.0795 e. The fraction of sp³-hybridized carbons (Fsp3) is 0.455. The van der Waals surface area contributed by atoms with Crippen LogP contribution in [-0.2, 0) is 11.6 Å². The highest BCUT2D eigenvalue weighted by atomic mass is 31.1. The second-order valence-electron chi connectivity index (χ2n) is 6.93. The maximum Gasteiger partial charge on any atom is 0.0167 e. The number of benzene rings is 2. The molecule has 1 atom stereocenters. The van der Waals surface area contributed by atoms with Gasteiger partial charge in [0.25, 0.3) is 0 Å². The summed E-state index contributed by atoms with van der Waals surface area (Å²) in [7, 11) is 0.900. The van der Waals surface area contributed by atoms with Crippen LogP contribution in [0.15, 0.2) is 54.6 Å². The Morgan fingerprint density at radius 3 is 2.22 bits per heavy atom. The van der Waals surface area contributed by atoms with Crippen LogP contribution in [0, 0.1) is 0 Å². The summed E-state index contributed by atoms with van der Waals surface area (Å²) in [6, 6.07) is 20.8. The molecule has 1 heteroatoms. The quantitative estimate of drug-likeness (QED) is 0.556. The van der Waals surface area contributed by atoms with Gasteiger partial charge in [0.2, 0.25) is 0 Å². The summed E-state index contributed by atoms with van der Waals surface area (Å²) in [4.78, 5) is 0. The number of unbranched alkanes of at least 4 members (excludes halogenated alkanes) is 1. The van der Waals surface area contributed by atoms with E-state index in [0.29, 0.717) is 5.16 Å². The van der Waals surface area contributed by atoms with Gasteiger partial charge in [0.05, 0.1) is 0 Å². The highest BCUT2D eigenvalue weighted by Gasteiger charge is 2.33. The van der Waals surface area contributed by atoms with Crippen molar-refractivity contribution in [3.05, 3.63) is 65.7 Å². The van der Waals surface area contributed by atoms with Gasteiger partial charge in [0.15, 0.2) is 0 Å². The lowest BCUT2D eigenvalue weighted by Gasteiger charge is -2.38. The molecule has 1 saturated carbocycles. The van der Waals surface area contributed by atoms with E-state index in [1.807, 2.05) is 0 Å². The van der Waals surface area contributed by atoms with E-state index in [4.69, 9.17) is 0 Å². The van der Waals surface area contributed by atoms with E-state index in [-0.39, 0.29) is 0 Å². The van der Waals surface area contributed by atoms with Gasteiger partial charge in [-0.2, -0.15) is 0 Å². The molecule has 1 aliphatic carbocycles. The fourth-order valence-electron chi connectivity index (χ4n) is 3.81. The molecule has 2 aromatic carbocycles. The molecule has 0 amide bonds. The molecule has 1 unspecified atom stereocenters. The second kappa shape index (κ2) is 8.11. The monoisotopic (exact) mass is 324 g/mol. The van der Waals surface area contributed by atoms with Crippen LogP contribution in [0.2, 0.25) is 0 Å². The van der Waals surface area contributed by atoms with E-state index < -0.39 is 0 Å². The highest BCUT2D eigenvalue weighted by Crippen LogP contribution is 2.51. The predicted molar refractivity (Wildman–Crippen MR) is 104 cm³/mol. The zero-order valence-electron chi connectivity index (χ0n) is 14.4. The predicted octanol–water partition coefficient (Wildman–Crippen LogP) is 6.19. The van der Waals surface area contributed by atoms with Gasteiger partial charge in [-0.15, -0.1) is 0 Å². The topological polar surface area (TPSA) is 0 Å². The molecule has 1 fully saturated rings. The molecule has 0 radical (unpaired) electrons. The first kappa shape index (κ1) is 16.7.